The van der Waals surface area contributed by atoms with Crippen molar-refractivity contribution in [3.05, 3.63) is 60.1 Å². The summed E-state index contributed by atoms with van der Waals surface area (Å²) in [5.74, 6) is 0.384. The lowest BCUT2D eigenvalue weighted by molar-refractivity contribution is 0.0615. The standard InChI is InChI=1S/C18H18FN5O/c1-23-8-7-21-17(23)16-11-20-6-9-24(16)18(25)15-4-2-12-10-13(19)3-5-14(12)22-15/h2-5,7-8,10,16,20H,6,9,11H2,1H3. The quantitative estimate of drug-likeness (QED) is 0.774. The van der Waals surface area contributed by atoms with Crippen molar-refractivity contribution in [3.8, 4) is 0 Å². The van der Waals surface area contributed by atoms with Gasteiger partial charge in [-0.3, -0.25) is 4.79 Å². The van der Waals surface area contributed by atoms with Gasteiger partial charge in [-0.05, 0) is 24.3 Å². The van der Waals surface area contributed by atoms with Gasteiger partial charge in [0.25, 0.3) is 5.91 Å². The van der Waals surface area contributed by atoms with Crippen molar-refractivity contribution in [2.24, 2.45) is 7.05 Å². The summed E-state index contributed by atoms with van der Waals surface area (Å²) in [6.45, 7) is 1.96. The number of carbonyl (C=O) groups excluding carboxylic acids is 1. The molecule has 0 spiro atoms. The van der Waals surface area contributed by atoms with E-state index >= 15 is 0 Å². The van der Waals surface area contributed by atoms with Crippen molar-refractivity contribution >= 4 is 16.8 Å². The summed E-state index contributed by atoms with van der Waals surface area (Å²) < 4.78 is 15.2. The van der Waals surface area contributed by atoms with Crippen LogP contribution in [0.15, 0.2) is 42.7 Å². The molecule has 7 heteroatoms. The largest absolute Gasteiger partial charge is 0.336 e. The zero-order chi connectivity index (χ0) is 17.4. The molecule has 1 aliphatic rings. The van der Waals surface area contributed by atoms with Gasteiger partial charge < -0.3 is 14.8 Å². The molecule has 6 nitrogen and oxygen atoms in total. The summed E-state index contributed by atoms with van der Waals surface area (Å²) in [6, 6.07) is 7.60. The molecule has 1 unspecified atom stereocenters. The van der Waals surface area contributed by atoms with Crippen LogP contribution in [-0.2, 0) is 7.05 Å². The number of halogens is 1. The van der Waals surface area contributed by atoms with Gasteiger partial charge in [0.15, 0.2) is 0 Å². The monoisotopic (exact) mass is 339 g/mol. The topological polar surface area (TPSA) is 63.1 Å². The summed E-state index contributed by atoms with van der Waals surface area (Å²) in [5, 5.41) is 3.99. The molecule has 4 rings (SSSR count). The number of hydrogen-bond acceptors (Lipinski definition) is 4. The van der Waals surface area contributed by atoms with Crippen LogP contribution in [0.25, 0.3) is 10.9 Å². The van der Waals surface area contributed by atoms with Gasteiger partial charge in [-0.1, -0.05) is 6.07 Å². The molecule has 1 atom stereocenters. The maximum absolute atomic E-state index is 13.3. The molecular weight excluding hydrogens is 321 g/mol. The predicted molar refractivity (Wildman–Crippen MR) is 91.6 cm³/mol. The van der Waals surface area contributed by atoms with Gasteiger partial charge >= 0.3 is 0 Å². The van der Waals surface area contributed by atoms with Crippen molar-refractivity contribution in [2.45, 2.75) is 6.04 Å². The van der Waals surface area contributed by atoms with E-state index in [2.05, 4.69) is 15.3 Å². The molecule has 1 N–H and O–H groups in total. The Labute approximate surface area is 144 Å². The van der Waals surface area contributed by atoms with Gasteiger partial charge in [-0.2, -0.15) is 0 Å². The first-order valence-corrected chi connectivity index (χ1v) is 8.19. The summed E-state index contributed by atoms with van der Waals surface area (Å²) >= 11 is 0. The molecule has 2 aromatic heterocycles. The average Bonchev–Trinajstić information content (AvgIpc) is 3.06. The SMILES string of the molecule is Cn1ccnc1C1CNCCN1C(=O)c1ccc2cc(F)ccc2n1. The van der Waals surface area contributed by atoms with Crippen LogP contribution in [0.2, 0.25) is 0 Å². The molecule has 1 saturated heterocycles. The second kappa shape index (κ2) is 6.25. The minimum Gasteiger partial charge on any atom is -0.336 e. The fourth-order valence-corrected chi connectivity index (χ4v) is 3.24. The molecule has 0 aliphatic carbocycles. The number of pyridine rings is 1. The predicted octanol–water partition coefficient (Wildman–Crippen LogP) is 1.89. The average molecular weight is 339 g/mol. The van der Waals surface area contributed by atoms with Crippen LogP contribution in [0.1, 0.15) is 22.4 Å². The van der Waals surface area contributed by atoms with Gasteiger partial charge in [0.1, 0.15) is 23.4 Å². The van der Waals surface area contributed by atoms with Crippen LogP contribution < -0.4 is 5.32 Å². The fraction of sp³-hybridized carbons (Fsp3) is 0.278. The van der Waals surface area contributed by atoms with Gasteiger partial charge in [0.2, 0.25) is 0 Å². The number of imidazole rings is 1. The summed E-state index contributed by atoms with van der Waals surface area (Å²) in [7, 11) is 1.92. The highest BCUT2D eigenvalue weighted by atomic mass is 19.1. The fourth-order valence-electron chi connectivity index (χ4n) is 3.24. The molecule has 0 radical (unpaired) electrons. The smallest absolute Gasteiger partial charge is 0.273 e. The molecule has 0 saturated carbocycles. The van der Waals surface area contributed by atoms with Gasteiger partial charge in [0, 0.05) is 44.5 Å². The maximum atomic E-state index is 13.3. The van der Waals surface area contributed by atoms with Crippen molar-refractivity contribution in [1.82, 2.24) is 24.8 Å². The Hall–Kier alpha value is -2.80. The van der Waals surface area contributed by atoms with E-state index in [1.165, 1.54) is 12.1 Å². The Morgan fingerprint density at radius 3 is 3.00 bits per heavy atom. The summed E-state index contributed by atoms with van der Waals surface area (Å²) in [4.78, 5) is 23.7. The molecular formula is C18H18FN5O. The molecule has 0 bridgehead atoms. The zero-order valence-electron chi connectivity index (χ0n) is 13.8. The normalized spacial score (nSPS) is 17.8. The third-order valence-electron chi connectivity index (χ3n) is 4.53. The summed E-state index contributed by atoms with van der Waals surface area (Å²) in [6.07, 6.45) is 3.60. The highest BCUT2D eigenvalue weighted by molar-refractivity contribution is 5.95. The van der Waals surface area contributed by atoms with E-state index in [1.54, 1.807) is 29.3 Å². The molecule has 25 heavy (non-hydrogen) atoms. The summed E-state index contributed by atoms with van der Waals surface area (Å²) in [5.41, 5.74) is 0.969. The number of piperazine rings is 1. The van der Waals surface area contributed by atoms with Crippen molar-refractivity contribution < 1.29 is 9.18 Å². The Kier molecular flexibility index (Phi) is 3.93. The number of aryl methyl sites for hydroxylation is 1. The minimum absolute atomic E-state index is 0.138. The minimum atomic E-state index is -0.315. The Bertz CT molecular complexity index is 938. The number of carbonyl (C=O) groups is 1. The number of amides is 1. The first kappa shape index (κ1) is 15.7. The van der Waals surface area contributed by atoms with Crippen LogP contribution in [-0.4, -0.2) is 45.0 Å². The molecule has 128 valence electrons. The van der Waals surface area contributed by atoms with Crippen LogP contribution in [0.3, 0.4) is 0 Å². The molecule has 1 amide bonds. The van der Waals surface area contributed by atoms with Gasteiger partial charge in [0.05, 0.1) is 5.52 Å². The number of fused-ring (bicyclic) bond motifs is 1. The van der Waals surface area contributed by atoms with Crippen molar-refractivity contribution in [1.29, 1.82) is 0 Å². The number of nitrogens with zero attached hydrogens (tertiary/aromatic N) is 4. The third-order valence-corrected chi connectivity index (χ3v) is 4.53. The molecule has 1 fully saturated rings. The van der Waals surface area contributed by atoms with Gasteiger partial charge in [-0.25, -0.2) is 14.4 Å². The third kappa shape index (κ3) is 2.87. The number of nitrogens with one attached hydrogen (secondary N) is 1. The van der Waals surface area contributed by atoms with Crippen LogP contribution in [0.5, 0.6) is 0 Å². The molecule has 3 heterocycles. The van der Waals surface area contributed by atoms with E-state index in [0.717, 1.165) is 12.4 Å². The Morgan fingerprint density at radius 1 is 1.32 bits per heavy atom. The number of rotatable bonds is 2. The van der Waals surface area contributed by atoms with Gasteiger partial charge in [-0.15, -0.1) is 0 Å². The number of hydrogen-bond donors (Lipinski definition) is 1. The zero-order valence-corrected chi connectivity index (χ0v) is 13.8. The second-order valence-corrected chi connectivity index (χ2v) is 6.15. The van der Waals surface area contributed by atoms with Crippen molar-refractivity contribution in [3.63, 3.8) is 0 Å². The first-order valence-electron chi connectivity index (χ1n) is 8.19. The lowest BCUT2D eigenvalue weighted by Crippen LogP contribution is -2.49. The van der Waals surface area contributed by atoms with E-state index in [1.807, 2.05) is 17.8 Å². The lowest BCUT2D eigenvalue weighted by Gasteiger charge is -2.35. The molecule has 3 aromatic rings. The van der Waals surface area contributed by atoms with Crippen molar-refractivity contribution in [2.75, 3.05) is 19.6 Å². The van der Waals surface area contributed by atoms with Crippen LogP contribution >= 0.6 is 0 Å². The second-order valence-electron chi connectivity index (χ2n) is 6.15. The van der Waals surface area contributed by atoms with E-state index in [4.69, 9.17) is 0 Å². The molecule has 1 aliphatic heterocycles. The van der Waals surface area contributed by atoms with Crippen LogP contribution in [0.4, 0.5) is 4.39 Å². The van der Waals surface area contributed by atoms with E-state index in [9.17, 15) is 9.18 Å². The van der Waals surface area contributed by atoms with E-state index in [-0.39, 0.29) is 17.8 Å². The highest BCUT2D eigenvalue weighted by Crippen LogP contribution is 2.23. The number of benzene rings is 1. The van der Waals surface area contributed by atoms with E-state index in [0.29, 0.717) is 29.7 Å². The molecule has 1 aromatic carbocycles. The maximum Gasteiger partial charge on any atom is 0.273 e. The lowest BCUT2D eigenvalue weighted by atomic mass is 10.1. The van der Waals surface area contributed by atoms with E-state index < -0.39 is 0 Å². The number of aromatic nitrogens is 3. The van der Waals surface area contributed by atoms with Crippen LogP contribution in [0, 0.1) is 5.82 Å². The Balaban J connectivity index is 1.68. The Morgan fingerprint density at radius 2 is 2.20 bits per heavy atom. The highest BCUT2D eigenvalue weighted by Gasteiger charge is 2.31. The first-order chi connectivity index (χ1) is 12.1.